The van der Waals surface area contributed by atoms with Crippen molar-refractivity contribution in [3.63, 3.8) is 0 Å². The zero-order valence-corrected chi connectivity index (χ0v) is 35.5. The summed E-state index contributed by atoms with van der Waals surface area (Å²) in [4.78, 5) is 0. The third-order valence-electron chi connectivity index (χ3n) is 10.2. The van der Waals surface area contributed by atoms with Gasteiger partial charge in [0, 0.05) is 51.7 Å². The van der Waals surface area contributed by atoms with Gasteiger partial charge >= 0.3 is 0 Å². The first-order chi connectivity index (χ1) is 23.2. The molecule has 0 atom stereocenters. The van der Waals surface area contributed by atoms with Crippen LogP contribution in [0, 0.1) is 32.5 Å². The van der Waals surface area contributed by atoms with Crippen LogP contribution in [-0.4, -0.2) is 92.5 Å². The van der Waals surface area contributed by atoms with Crippen LogP contribution in [0.3, 0.4) is 0 Å². The molecule has 0 saturated carbocycles. The minimum absolute atomic E-state index is 0.219. The lowest BCUT2D eigenvalue weighted by Crippen LogP contribution is -2.24. The van der Waals surface area contributed by atoms with Crippen LogP contribution in [0.5, 0.6) is 0 Å². The Morgan fingerprint density at radius 2 is 0.500 bits per heavy atom. The average molecular weight is 715 g/mol. The molecule has 0 aliphatic carbocycles. The van der Waals surface area contributed by atoms with Crippen molar-refractivity contribution in [2.24, 2.45) is 32.5 Å². The van der Waals surface area contributed by atoms with Gasteiger partial charge in [-0.2, -0.15) is 0 Å². The summed E-state index contributed by atoms with van der Waals surface area (Å²) in [7, 11) is 0. The molecule has 7 heteroatoms. The summed E-state index contributed by atoms with van der Waals surface area (Å²) in [6.45, 7) is 39.9. The summed E-state index contributed by atoms with van der Waals surface area (Å²) < 4.78 is 37.0. The lowest BCUT2D eigenvalue weighted by atomic mass is 9.85. The van der Waals surface area contributed by atoms with Crippen LogP contribution in [0.25, 0.3) is 0 Å². The molecule has 50 heavy (non-hydrogen) atoms. The molecule has 0 radical (unpaired) electrons. The monoisotopic (exact) mass is 715 g/mol. The van der Waals surface area contributed by atoms with Crippen LogP contribution >= 0.6 is 0 Å². The van der Waals surface area contributed by atoms with E-state index in [1.807, 2.05) is 0 Å². The van der Waals surface area contributed by atoms with Crippen molar-refractivity contribution in [1.82, 2.24) is 0 Å². The summed E-state index contributed by atoms with van der Waals surface area (Å²) in [5, 5.41) is 0. The molecule has 0 unspecified atom stereocenters. The fourth-order valence-corrected chi connectivity index (χ4v) is 6.08. The summed E-state index contributed by atoms with van der Waals surface area (Å²) in [5.74, 6) is 0. The Hall–Kier alpha value is -0.280. The Labute approximate surface area is 311 Å². The quantitative estimate of drug-likeness (QED) is 0.247. The summed E-state index contributed by atoms with van der Waals surface area (Å²) in [5.41, 5.74) is 2.68. The molecule has 0 aromatic heterocycles. The molecule has 300 valence electrons. The van der Waals surface area contributed by atoms with Crippen LogP contribution in [-0.2, 0) is 33.2 Å². The smallest absolute Gasteiger partial charge is 0.0700 e. The van der Waals surface area contributed by atoms with Crippen LogP contribution in [0.4, 0.5) is 0 Å². The van der Waals surface area contributed by atoms with Gasteiger partial charge in [-0.1, -0.05) is 89.5 Å². The highest BCUT2D eigenvalue weighted by molar-refractivity contribution is 4.73. The molecular weight excluding hydrogens is 628 g/mol. The lowest BCUT2D eigenvalue weighted by molar-refractivity contribution is 0.0127. The standard InChI is InChI=1S/2C8H16O.C7H14O2.2C7H14O.C6H12O/c1-8(2)4-3-6-9-7-5-8;1-8(2)5-3-4-6-9-7-8;1-7(2)5-8-3-4-9-6-7;1-7(2)3-5-8-6-4-7;1-7(2)4-3-5-8-6-7;1-6(2)3-4-7-5-6/h2*3-7H2,1-2H3;3-6H2,1-2H3;2*3-6H2,1-2H3;3-5H2,1-2H3. The molecule has 7 nitrogen and oxygen atoms in total. The SMILES string of the molecule is CC1(C)CCCCOC1.CC1(C)CCCOC1.CC1(C)CCCOCC1.CC1(C)CCOC1.CC1(C)CCOCC1.CC1(C)COCCOC1. The van der Waals surface area contributed by atoms with Gasteiger partial charge in [0.05, 0.1) is 46.2 Å². The summed E-state index contributed by atoms with van der Waals surface area (Å²) in [6, 6.07) is 0. The van der Waals surface area contributed by atoms with Crippen molar-refractivity contribution in [3.8, 4) is 0 Å². The molecule has 6 aliphatic heterocycles. The molecule has 6 saturated heterocycles. The van der Waals surface area contributed by atoms with Gasteiger partial charge in [0.15, 0.2) is 0 Å². The number of ether oxygens (including phenoxy) is 7. The maximum absolute atomic E-state index is 5.41. The average Bonchev–Trinajstić information content (AvgIpc) is 3.16. The predicted octanol–water partition coefficient (Wildman–Crippen LogP) is 10.6. The second kappa shape index (κ2) is 24.2. The maximum atomic E-state index is 5.41. The van der Waals surface area contributed by atoms with Gasteiger partial charge in [0.2, 0.25) is 0 Å². The van der Waals surface area contributed by atoms with E-state index in [-0.39, 0.29) is 5.41 Å². The highest BCUT2D eigenvalue weighted by Gasteiger charge is 2.24. The lowest BCUT2D eigenvalue weighted by Gasteiger charge is -2.28. The molecule has 0 N–H and O–H groups in total. The minimum atomic E-state index is 0.219. The van der Waals surface area contributed by atoms with Crippen LogP contribution in [0.2, 0.25) is 0 Å². The molecule has 6 heterocycles. The fourth-order valence-electron chi connectivity index (χ4n) is 6.08. The van der Waals surface area contributed by atoms with Gasteiger partial charge in [-0.3, -0.25) is 0 Å². The fraction of sp³-hybridized carbons (Fsp3) is 1.00. The first kappa shape index (κ1) is 47.7. The van der Waals surface area contributed by atoms with Crippen LogP contribution in [0.15, 0.2) is 0 Å². The second-order valence-corrected chi connectivity index (χ2v) is 20.1. The largest absolute Gasteiger partial charge is 0.381 e. The van der Waals surface area contributed by atoms with Crippen molar-refractivity contribution < 1.29 is 33.2 Å². The molecule has 6 fully saturated rings. The third kappa shape index (κ3) is 27.3. The van der Waals surface area contributed by atoms with E-state index in [1.165, 1.54) is 70.6 Å². The van der Waals surface area contributed by atoms with Crippen molar-refractivity contribution in [3.05, 3.63) is 0 Å². The van der Waals surface area contributed by atoms with Crippen LogP contribution in [0.1, 0.15) is 154 Å². The van der Waals surface area contributed by atoms with Gasteiger partial charge in [0.25, 0.3) is 0 Å². The highest BCUT2D eigenvalue weighted by atomic mass is 16.5. The van der Waals surface area contributed by atoms with E-state index in [0.717, 1.165) is 92.5 Å². The van der Waals surface area contributed by atoms with Gasteiger partial charge in [0.1, 0.15) is 0 Å². The van der Waals surface area contributed by atoms with Gasteiger partial charge in [-0.15, -0.1) is 0 Å². The topological polar surface area (TPSA) is 64.6 Å². The Bertz CT molecular complexity index is 700. The molecule has 6 rings (SSSR count). The zero-order chi connectivity index (χ0) is 37.6. The Morgan fingerprint density at radius 1 is 0.220 bits per heavy atom. The first-order valence-electron chi connectivity index (χ1n) is 20.3. The molecule has 0 spiro atoms. The van der Waals surface area contributed by atoms with E-state index in [1.54, 1.807) is 0 Å². The summed E-state index contributed by atoms with van der Waals surface area (Å²) in [6.07, 6.45) is 14.0. The molecular formula is C43H86O7. The maximum Gasteiger partial charge on any atom is 0.0700 e. The highest BCUT2D eigenvalue weighted by Crippen LogP contribution is 2.30. The van der Waals surface area contributed by atoms with E-state index < -0.39 is 0 Å². The van der Waals surface area contributed by atoms with Crippen molar-refractivity contribution in [2.45, 2.75) is 154 Å². The first-order valence-corrected chi connectivity index (χ1v) is 20.3. The molecule has 6 aliphatic rings. The number of hydrogen-bond donors (Lipinski definition) is 0. The Balaban J connectivity index is 0.000000301. The van der Waals surface area contributed by atoms with Gasteiger partial charge < -0.3 is 33.2 Å². The van der Waals surface area contributed by atoms with Crippen molar-refractivity contribution >= 4 is 0 Å². The predicted molar refractivity (Wildman–Crippen MR) is 209 cm³/mol. The number of rotatable bonds is 0. The molecule has 0 aromatic rings. The van der Waals surface area contributed by atoms with Gasteiger partial charge in [-0.25, -0.2) is 0 Å². The van der Waals surface area contributed by atoms with Crippen LogP contribution < -0.4 is 0 Å². The second-order valence-electron chi connectivity index (χ2n) is 20.1. The third-order valence-corrected chi connectivity index (χ3v) is 10.2. The van der Waals surface area contributed by atoms with E-state index in [9.17, 15) is 0 Å². The Kier molecular flexibility index (Phi) is 23.1. The van der Waals surface area contributed by atoms with Crippen molar-refractivity contribution in [2.75, 3.05) is 92.5 Å². The molecule has 0 bridgehead atoms. The zero-order valence-electron chi connectivity index (χ0n) is 35.5. The molecule has 0 aromatic carbocycles. The minimum Gasteiger partial charge on any atom is -0.381 e. The number of hydrogen-bond acceptors (Lipinski definition) is 7. The van der Waals surface area contributed by atoms with E-state index in [2.05, 4.69) is 83.1 Å². The van der Waals surface area contributed by atoms with E-state index in [4.69, 9.17) is 33.2 Å². The molecule has 0 amide bonds. The normalized spacial score (nSPS) is 27.6. The van der Waals surface area contributed by atoms with Gasteiger partial charge in [-0.05, 0) is 91.3 Å². The van der Waals surface area contributed by atoms with Crippen molar-refractivity contribution in [1.29, 1.82) is 0 Å². The van der Waals surface area contributed by atoms with E-state index in [0.29, 0.717) is 27.1 Å². The van der Waals surface area contributed by atoms with E-state index >= 15 is 0 Å². The Morgan fingerprint density at radius 3 is 0.940 bits per heavy atom. The summed E-state index contributed by atoms with van der Waals surface area (Å²) >= 11 is 0.